The first-order chi connectivity index (χ1) is 15.1. The number of carbonyl (C=O) groups excluding carboxylic acids is 2. The summed E-state index contributed by atoms with van der Waals surface area (Å²) in [5.41, 5.74) is 0.611. The van der Waals surface area contributed by atoms with E-state index in [1.54, 1.807) is 6.07 Å². The maximum absolute atomic E-state index is 12.7. The van der Waals surface area contributed by atoms with E-state index in [1.807, 2.05) is 4.90 Å². The van der Waals surface area contributed by atoms with Crippen LogP contribution in [-0.4, -0.2) is 89.1 Å². The van der Waals surface area contributed by atoms with Crippen LogP contribution < -0.4 is 0 Å². The third kappa shape index (κ3) is 5.62. The second-order valence-corrected chi connectivity index (χ2v) is 8.57. The summed E-state index contributed by atoms with van der Waals surface area (Å²) in [7, 11) is 2.16. The summed E-state index contributed by atoms with van der Waals surface area (Å²) >= 11 is 0. The quantitative estimate of drug-likeness (QED) is 0.747. The standard InChI is InChI=1S/C19H27N3O3.C2HF3O2/c1-20-8-4-14(5-9-20)12-22-17-6-10-21(16(17)2-3-18(22)23)19(24)15-7-11-25-13-15;3-2(4,5)1(6)7/h7,11,13-14,16-17H,2-6,8-10,12H2,1H3;(H,6,7)/t16-,17-;/m1./s1. The number of nitrogens with zero attached hydrogens (tertiary/aromatic N) is 3. The molecule has 178 valence electrons. The van der Waals surface area contributed by atoms with Gasteiger partial charge < -0.3 is 24.2 Å². The molecule has 11 heteroatoms. The molecule has 2 atom stereocenters. The number of fused-ring (bicyclic) bond motifs is 1. The predicted molar refractivity (Wildman–Crippen MR) is 107 cm³/mol. The van der Waals surface area contributed by atoms with E-state index in [-0.39, 0.29) is 23.9 Å². The van der Waals surface area contributed by atoms with Crippen LogP contribution in [0.5, 0.6) is 0 Å². The third-order valence-corrected chi connectivity index (χ3v) is 6.45. The van der Waals surface area contributed by atoms with Gasteiger partial charge in [0.2, 0.25) is 5.91 Å². The van der Waals surface area contributed by atoms with E-state index in [9.17, 15) is 22.8 Å². The Labute approximate surface area is 183 Å². The highest BCUT2D eigenvalue weighted by Gasteiger charge is 2.45. The molecule has 2 amide bonds. The number of alkyl halides is 3. The Hall–Kier alpha value is -2.56. The van der Waals surface area contributed by atoms with Gasteiger partial charge in [0.25, 0.3) is 5.91 Å². The Balaban J connectivity index is 0.000000360. The van der Waals surface area contributed by atoms with Gasteiger partial charge in [-0.2, -0.15) is 13.2 Å². The largest absolute Gasteiger partial charge is 0.490 e. The minimum Gasteiger partial charge on any atom is -0.475 e. The molecule has 32 heavy (non-hydrogen) atoms. The summed E-state index contributed by atoms with van der Waals surface area (Å²) < 4.78 is 36.8. The number of rotatable bonds is 3. The molecule has 1 aromatic rings. The fourth-order valence-corrected chi connectivity index (χ4v) is 4.71. The normalized spacial score (nSPS) is 24.7. The SMILES string of the molecule is CN1CCC(CN2C(=O)CC[C@@H]3[C@H]2CCN3C(=O)c2ccoc2)CC1.O=C(O)C(F)(F)F. The number of furan rings is 1. The van der Waals surface area contributed by atoms with Crippen LogP contribution in [0.4, 0.5) is 13.2 Å². The molecule has 0 radical (unpaired) electrons. The van der Waals surface area contributed by atoms with E-state index in [1.165, 1.54) is 12.5 Å². The van der Waals surface area contributed by atoms with Crippen molar-refractivity contribution in [1.29, 1.82) is 0 Å². The Bertz CT molecular complexity index is 806. The van der Waals surface area contributed by atoms with Crippen molar-refractivity contribution in [3.63, 3.8) is 0 Å². The lowest BCUT2D eigenvalue weighted by molar-refractivity contribution is -0.192. The van der Waals surface area contributed by atoms with Crippen LogP contribution in [0.15, 0.2) is 23.0 Å². The average molecular weight is 459 g/mol. The van der Waals surface area contributed by atoms with Gasteiger partial charge in [0.1, 0.15) is 6.26 Å². The summed E-state index contributed by atoms with van der Waals surface area (Å²) in [6.07, 6.45) is 2.54. The van der Waals surface area contributed by atoms with Crippen LogP contribution in [0.2, 0.25) is 0 Å². The fourth-order valence-electron chi connectivity index (χ4n) is 4.71. The van der Waals surface area contributed by atoms with Gasteiger partial charge in [0.05, 0.1) is 23.9 Å². The fraction of sp³-hybridized carbons (Fsp3) is 0.667. The molecule has 0 spiro atoms. The topological polar surface area (TPSA) is 94.3 Å². The zero-order valence-corrected chi connectivity index (χ0v) is 17.9. The van der Waals surface area contributed by atoms with Crippen LogP contribution >= 0.6 is 0 Å². The summed E-state index contributed by atoms with van der Waals surface area (Å²) in [5.74, 6) is -1.85. The molecule has 3 fully saturated rings. The number of likely N-dealkylation sites (tertiary alicyclic amines) is 3. The van der Waals surface area contributed by atoms with Gasteiger partial charge in [-0.05, 0) is 57.8 Å². The number of aliphatic carboxylic acids is 1. The van der Waals surface area contributed by atoms with Gasteiger partial charge in [-0.25, -0.2) is 4.79 Å². The smallest absolute Gasteiger partial charge is 0.475 e. The zero-order valence-electron chi connectivity index (χ0n) is 17.9. The van der Waals surface area contributed by atoms with Crippen LogP contribution in [-0.2, 0) is 9.59 Å². The van der Waals surface area contributed by atoms with Crippen molar-refractivity contribution in [3.05, 3.63) is 24.2 Å². The van der Waals surface area contributed by atoms with Gasteiger partial charge >= 0.3 is 12.1 Å². The number of halogens is 3. The minimum absolute atomic E-state index is 0.0369. The number of carboxylic acids is 1. The first-order valence-electron chi connectivity index (χ1n) is 10.7. The first-order valence-corrected chi connectivity index (χ1v) is 10.7. The number of hydrogen-bond acceptors (Lipinski definition) is 5. The predicted octanol–water partition coefficient (Wildman–Crippen LogP) is 2.46. The summed E-state index contributed by atoms with van der Waals surface area (Å²) in [6, 6.07) is 2.07. The van der Waals surface area contributed by atoms with E-state index in [4.69, 9.17) is 14.3 Å². The molecular formula is C21H28F3N3O5. The van der Waals surface area contributed by atoms with Crippen LogP contribution in [0.25, 0.3) is 0 Å². The molecule has 0 bridgehead atoms. The zero-order chi connectivity index (χ0) is 23.5. The van der Waals surface area contributed by atoms with Gasteiger partial charge in [0, 0.05) is 19.5 Å². The molecule has 0 saturated carbocycles. The van der Waals surface area contributed by atoms with Crippen molar-refractivity contribution in [2.24, 2.45) is 5.92 Å². The van der Waals surface area contributed by atoms with Crippen molar-refractivity contribution in [2.75, 3.05) is 33.2 Å². The van der Waals surface area contributed by atoms with E-state index >= 15 is 0 Å². The Morgan fingerprint density at radius 1 is 1.12 bits per heavy atom. The highest BCUT2D eigenvalue weighted by Crippen LogP contribution is 2.34. The Morgan fingerprint density at radius 3 is 2.34 bits per heavy atom. The van der Waals surface area contributed by atoms with Gasteiger partial charge in [-0.1, -0.05) is 0 Å². The molecule has 3 aliphatic rings. The molecule has 4 heterocycles. The summed E-state index contributed by atoms with van der Waals surface area (Å²) in [5, 5.41) is 7.12. The van der Waals surface area contributed by atoms with E-state index in [0.29, 0.717) is 17.9 Å². The molecule has 3 aliphatic heterocycles. The van der Waals surface area contributed by atoms with Crippen molar-refractivity contribution >= 4 is 17.8 Å². The second-order valence-electron chi connectivity index (χ2n) is 8.57. The number of carbonyl (C=O) groups is 3. The van der Waals surface area contributed by atoms with E-state index < -0.39 is 12.1 Å². The van der Waals surface area contributed by atoms with Crippen molar-refractivity contribution in [2.45, 2.75) is 50.4 Å². The molecule has 8 nitrogen and oxygen atoms in total. The minimum atomic E-state index is -5.08. The van der Waals surface area contributed by atoms with E-state index in [2.05, 4.69) is 16.8 Å². The molecule has 1 aromatic heterocycles. The van der Waals surface area contributed by atoms with Crippen molar-refractivity contribution in [1.82, 2.24) is 14.7 Å². The Kier molecular flexibility index (Phi) is 7.47. The van der Waals surface area contributed by atoms with Crippen LogP contribution in [0.3, 0.4) is 0 Å². The van der Waals surface area contributed by atoms with E-state index in [0.717, 1.165) is 51.9 Å². The highest BCUT2D eigenvalue weighted by atomic mass is 19.4. The first kappa shape index (κ1) is 24.1. The lowest BCUT2D eigenvalue weighted by Crippen LogP contribution is -2.54. The van der Waals surface area contributed by atoms with Gasteiger partial charge in [-0.15, -0.1) is 0 Å². The molecular weight excluding hydrogens is 431 g/mol. The average Bonchev–Trinajstić information content (AvgIpc) is 3.41. The maximum Gasteiger partial charge on any atom is 0.490 e. The van der Waals surface area contributed by atoms with Crippen LogP contribution in [0, 0.1) is 5.92 Å². The lowest BCUT2D eigenvalue weighted by Gasteiger charge is -2.42. The van der Waals surface area contributed by atoms with Crippen molar-refractivity contribution < 1.29 is 37.1 Å². The molecule has 4 rings (SSSR count). The molecule has 0 aromatic carbocycles. The van der Waals surface area contributed by atoms with Gasteiger partial charge in [-0.3, -0.25) is 9.59 Å². The number of carboxylic acid groups (broad SMARTS) is 1. The summed E-state index contributed by atoms with van der Waals surface area (Å²) in [6.45, 7) is 3.83. The number of piperidine rings is 2. The number of hydrogen-bond donors (Lipinski definition) is 1. The summed E-state index contributed by atoms with van der Waals surface area (Å²) in [4.78, 5) is 40.6. The molecule has 1 N–H and O–H groups in total. The maximum atomic E-state index is 12.7. The molecule has 0 aliphatic carbocycles. The van der Waals surface area contributed by atoms with Crippen molar-refractivity contribution in [3.8, 4) is 0 Å². The van der Waals surface area contributed by atoms with Gasteiger partial charge in [0.15, 0.2) is 0 Å². The molecule has 3 saturated heterocycles. The van der Waals surface area contributed by atoms with Crippen LogP contribution in [0.1, 0.15) is 42.5 Å². The monoisotopic (exact) mass is 459 g/mol. The highest BCUT2D eigenvalue weighted by molar-refractivity contribution is 5.94. The number of amides is 2. The molecule has 0 unspecified atom stereocenters. The second kappa shape index (κ2) is 9.93. The lowest BCUT2D eigenvalue weighted by atomic mass is 9.91. The third-order valence-electron chi connectivity index (χ3n) is 6.45. The Morgan fingerprint density at radius 2 is 1.78 bits per heavy atom.